The molecule has 18 heavy (non-hydrogen) atoms. The van der Waals surface area contributed by atoms with Gasteiger partial charge in [0.05, 0.1) is 5.92 Å². The van der Waals surface area contributed by atoms with Crippen molar-refractivity contribution in [2.75, 3.05) is 0 Å². The summed E-state index contributed by atoms with van der Waals surface area (Å²) in [6, 6.07) is 9.72. The first kappa shape index (κ1) is 11.3. The molecule has 0 amide bonds. The first-order valence-electron chi connectivity index (χ1n) is 6.47. The Morgan fingerprint density at radius 3 is 2.83 bits per heavy atom. The van der Waals surface area contributed by atoms with Crippen molar-refractivity contribution in [3.05, 3.63) is 36.1 Å². The fourth-order valence-corrected chi connectivity index (χ4v) is 2.53. The van der Waals surface area contributed by atoms with Crippen LogP contribution in [0.2, 0.25) is 0 Å². The Labute approximate surface area is 106 Å². The average molecular weight is 244 g/mol. The Bertz CT molecular complexity index is 517. The second kappa shape index (κ2) is 4.84. The molecule has 1 aromatic carbocycles. The Hall–Kier alpha value is -1.77. The van der Waals surface area contributed by atoms with Crippen molar-refractivity contribution in [3.8, 4) is 0 Å². The van der Waals surface area contributed by atoms with E-state index in [4.69, 9.17) is 9.15 Å². The number of esters is 1. The summed E-state index contributed by atoms with van der Waals surface area (Å²) in [6.45, 7) is 0.240. The number of hydrogen-bond donors (Lipinski definition) is 0. The van der Waals surface area contributed by atoms with Gasteiger partial charge in [0.1, 0.15) is 18.0 Å². The van der Waals surface area contributed by atoms with Crippen LogP contribution in [0.3, 0.4) is 0 Å². The number of rotatable bonds is 3. The fraction of sp³-hybridized carbons (Fsp3) is 0.400. The summed E-state index contributed by atoms with van der Waals surface area (Å²) >= 11 is 0. The van der Waals surface area contributed by atoms with Crippen molar-refractivity contribution in [2.45, 2.75) is 32.3 Å². The molecule has 1 saturated carbocycles. The zero-order valence-electron chi connectivity index (χ0n) is 10.2. The van der Waals surface area contributed by atoms with Crippen molar-refractivity contribution >= 4 is 16.9 Å². The van der Waals surface area contributed by atoms with Gasteiger partial charge in [0.25, 0.3) is 0 Å². The van der Waals surface area contributed by atoms with Crippen molar-refractivity contribution in [1.82, 2.24) is 0 Å². The quantitative estimate of drug-likeness (QED) is 0.773. The molecule has 1 aliphatic carbocycles. The standard InChI is InChI=1S/C15H16O3/c16-15(11-5-1-2-6-11)17-10-13-9-12-7-3-4-8-14(12)18-13/h3-4,7-9,11H,1-2,5-6,10H2. The van der Waals surface area contributed by atoms with Crippen molar-refractivity contribution in [1.29, 1.82) is 0 Å². The topological polar surface area (TPSA) is 39.4 Å². The lowest BCUT2D eigenvalue weighted by Gasteiger charge is -2.07. The molecule has 94 valence electrons. The zero-order valence-corrected chi connectivity index (χ0v) is 10.2. The van der Waals surface area contributed by atoms with Gasteiger partial charge in [0, 0.05) is 5.39 Å². The van der Waals surface area contributed by atoms with Gasteiger partial charge in [0.2, 0.25) is 0 Å². The van der Waals surface area contributed by atoms with Gasteiger partial charge in [-0.2, -0.15) is 0 Å². The molecule has 0 N–H and O–H groups in total. The zero-order chi connectivity index (χ0) is 12.4. The van der Waals surface area contributed by atoms with E-state index in [0.717, 1.165) is 36.7 Å². The molecule has 0 bridgehead atoms. The van der Waals surface area contributed by atoms with Gasteiger partial charge in [-0.1, -0.05) is 31.0 Å². The molecule has 0 spiro atoms. The molecule has 2 aromatic rings. The lowest BCUT2D eigenvalue weighted by molar-refractivity contribution is -0.150. The van der Waals surface area contributed by atoms with Gasteiger partial charge in [-0.05, 0) is 25.0 Å². The predicted molar refractivity (Wildman–Crippen MR) is 68.0 cm³/mol. The first-order chi connectivity index (χ1) is 8.83. The Morgan fingerprint density at radius 1 is 1.28 bits per heavy atom. The van der Waals surface area contributed by atoms with Gasteiger partial charge in [0.15, 0.2) is 0 Å². The van der Waals surface area contributed by atoms with Gasteiger partial charge in [-0.15, -0.1) is 0 Å². The third-order valence-electron chi connectivity index (χ3n) is 3.52. The van der Waals surface area contributed by atoms with Crippen LogP contribution in [0.25, 0.3) is 11.0 Å². The van der Waals surface area contributed by atoms with Gasteiger partial charge in [-0.25, -0.2) is 0 Å². The number of carbonyl (C=O) groups excluding carboxylic acids is 1. The van der Waals surface area contributed by atoms with E-state index in [2.05, 4.69) is 0 Å². The number of carbonyl (C=O) groups is 1. The number of benzene rings is 1. The lowest BCUT2D eigenvalue weighted by Crippen LogP contribution is -2.14. The third kappa shape index (κ3) is 2.26. The third-order valence-corrected chi connectivity index (χ3v) is 3.52. The highest BCUT2D eigenvalue weighted by Crippen LogP contribution is 2.26. The van der Waals surface area contributed by atoms with Crippen molar-refractivity contribution in [3.63, 3.8) is 0 Å². The summed E-state index contributed by atoms with van der Waals surface area (Å²) in [4.78, 5) is 11.8. The van der Waals surface area contributed by atoms with Crippen LogP contribution in [0.4, 0.5) is 0 Å². The Kier molecular flexibility index (Phi) is 3.05. The monoisotopic (exact) mass is 244 g/mol. The Morgan fingerprint density at radius 2 is 2.06 bits per heavy atom. The average Bonchev–Trinajstić information content (AvgIpc) is 3.04. The van der Waals surface area contributed by atoms with E-state index in [1.165, 1.54) is 0 Å². The lowest BCUT2D eigenvalue weighted by atomic mass is 10.1. The number of hydrogen-bond acceptors (Lipinski definition) is 3. The van der Waals surface area contributed by atoms with E-state index in [1.54, 1.807) is 0 Å². The van der Waals surface area contributed by atoms with Gasteiger partial charge in [-0.3, -0.25) is 4.79 Å². The van der Waals surface area contributed by atoms with Crippen LogP contribution >= 0.6 is 0 Å². The van der Waals surface area contributed by atoms with Gasteiger partial charge >= 0.3 is 5.97 Å². The van der Waals surface area contributed by atoms with E-state index in [0.29, 0.717) is 5.76 Å². The highest BCUT2D eigenvalue weighted by atomic mass is 16.5. The minimum Gasteiger partial charge on any atom is -0.457 e. The molecule has 0 radical (unpaired) electrons. The van der Waals surface area contributed by atoms with E-state index in [9.17, 15) is 4.79 Å². The van der Waals surface area contributed by atoms with Crippen LogP contribution in [0.5, 0.6) is 0 Å². The first-order valence-corrected chi connectivity index (χ1v) is 6.47. The molecule has 0 unspecified atom stereocenters. The fourth-order valence-electron chi connectivity index (χ4n) is 2.53. The number of ether oxygens (including phenoxy) is 1. The van der Waals surface area contributed by atoms with Crippen LogP contribution in [0.1, 0.15) is 31.4 Å². The number of para-hydroxylation sites is 1. The second-order valence-corrected chi connectivity index (χ2v) is 4.84. The summed E-state index contributed by atoms with van der Waals surface area (Å²) in [5, 5.41) is 1.05. The molecule has 3 rings (SSSR count). The summed E-state index contributed by atoms with van der Waals surface area (Å²) in [7, 11) is 0. The van der Waals surface area contributed by atoms with Crippen LogP contribution in [0.15, 0.2) is 34.7 Å². The van der Waals surface area contributed by atoms with E-state index >= 15 is 0 Å². The number of furan rings is 1. The van der Waals surface area contributed by atoms with E-state index in [-0.39, 0.29) is 18.5 Å². The molecule has 0 saturated heterocycles. The van der Waals surface area contributed by atoms with Crippen LogP contribution in [0, 0.1) is 5.92 Å². The largest absolute Gasteiger partial charge is 0.457 e. The predicted octanol–water partition coefficient (Wildman–Crippen LogP) is 3.67. The molecule has 1 aliphatic rings. The van der Waals surface area contributed by atoms with Crippen LogP contribution in [-0.2, 0) is 16.1 Å². The Balaban J connectivity index is 1.63. The number of fused-ring (bicyclic) bond motifs is 1. The SMILES string of the molecule is O=C(OCc1cc2ccccc2o1)C1CCCC1. The molecule has 1 heterocycles. The summed E-state index contributed by atoms with van der Waals surface area (Å²) in [5.41, 5.74) is 0.837. The molecule has 3 nitrogen and oxygen atoms in total. The minimum atomic E-state index is -0.0760. The van der Waals surface area contributed by atoms with E-state index in [1.807, 2.05) is 30.3 Å². The molecule has 3 heteroatoms. The minimum absolute atomic E-state index is 0.0760. The summed E-state index contributed by atoms with van der Waals surface area (Å²) in [5.74, 6) is 0.741. The van der Waals surface area contributed by atoms with Crippen LogP contribution in [-0.4, -0.2) is 5.97 Å². The maximum atomic E-state index is 11.8. The summed E-state index contributed by atoms with van der Waals surface area (Å²) in [6.07, 6.45) is 4.23. The molecule has 0 atom stereocenters. The second-order valence-electron chi connectivity index (χ2n) is 4.84. The van der Waals surface area contributed by atoms with Crippen molar-refractivity contribution in [2.24, 2.45) is 5.92 Å². The van der Waals surface area contributed by atoms with Crippen LogP contribution < -0.4 is 0 Å². The van der Waals surface area contributed by atoms with Crippen molar-refractivity contribution < 1.29 is 13.9 Å². The van der Waals surface area contributed by atoms with Gasteiger partial charge < -0.3 is 9.15 Å². The molecular formula is C15H16O3. The normalized spacial score (nSPS) is 16.2. The van der Waals surface area contributed by atoms with E-state index < -0.39 is 0 Å². The summed E-state index contributed by atoms with van der Waals surface area (Å²) < 4.78 is 10.9. The molecule has 1 fully saturated rings. The maximum absolute atomic E-state index is 11.8. The highest BCUT2D eigenvalue weighted by Gasteiger charge is 2.24. The molecule has 1 aromatic heterocycles. The molecule has 0 aliphatic heterocycles. The maximum Gasteiger partial charge on any atom is 0.309 e. The highest BCUT2D eigenvalue weighted by molar-refractivity contribution is 5.77. The molecular weight excluding hydrogens is 228 g/mol. The smallest absolute Gasteiger partial charge is 0.309 e.